The number of anilines is 1. The summed E-state index contributed by atoms with van der Waals surface area (Å²) in [7, 11) is 0. The van der Waals surface area contributed by atoms with Crippen LogP contribution in [0.2, 0.25) is 5.02 Å². The zero-order chi connectivity index (χ0) is 16.8. The number of aliphatic carboxylic acids is 1. The Kier molecular flexibility index (Phi) is 6.07. The van der Waals surface area contributed by atoms with Crippen LogP contribution < -0.4 is 5.32 Å². The Balaban J connectivity index is 1.98. The van der Waals surface area contributed by atoms with Crippen molar-refractivity contribution in [2.24, 2.45) is 0 Å². The van der Waals surface area contributed by atoms with Gasteiger partial charge in [-0.25, -0.2) is 0 Å². The van der Waals surface area contributed by atoms with Crippen molar-refractivity contribution in [1.29, 1.82) is 0 Å². The number of carbonyl (C=O) groups is 2. The molecule has 2 aromatic carbocycles. The number of nitrogens with one attached hydrogen (secondary N) is 1. The number of aryl methyl sites for hydroxylation is 1. The standard InChI is InChI=1S/C17H16ClNO3S/c1-11-9-13(18)7-8-14(11)19-15(20)10-23-16(17(21)22)12-5-3-2-4-6-12/h2-9,16H,10H2,1H3,(H,19,20)(H,21,22). The van der Waals surface area contributed by atoms with E-state index in [0.717, 1.165) is 17.3 Å². The van der Waals surface area contributed by atoms with Crippen LogP contribution in [0.15, 0.2) is 48.5 Å². The van der Waals surface area contributed by atoms with Gasteiger partial charge in [-0.3, -0.25) is 9.59 Å². The highest BCUT2D eigenvalue weighted by molar-refractivity contribution is 8.00. The molecule has 6 heteroatoms. The van der Waals surface area contributed by atoms with Gasteiger partial charge < -0.3 is 10.4 Å². The minimum absolute atomic E-state index is 0.0495. The molecule has 0 bridgehead atoms. The number of hydrogen-bond donors (Lipinski definition) is 2. The molecule has 0 spiro atoms. The minimum Gasteiger partial charge on any atom is -0.480 e. The fourth-order valence-corrected chi connectivity index (χ4v) is 3.16. The summed E-state index contributed by atoms with van der Waals surface area (Å²) in [6.45, 7) is 1.85. The van der Waals surface area contributed by atoms with Gasteiger partial charge in [-0.05, 0) is 36.2 Å². The normalized spacial score (nSPS) is 11.7. The predicted octanol–water partition coefficient (Wildman–Crippen LogP) is 4.15. The van der Waals surface area contributed by atoms with Crippen LogP contribution >= 0.6 is 23.4 Å². The number of halogens is 1. The first-order chi connectivity index (χ1) is 11.0. The second-order valence-corrected chi connectivity index (χ2v) is 6.48. The molecule has 1 unspecified atom stereocenters. The van der Waals surface area contributed by atoms with Crippen molar-refractivity contribution in [3.63, 3.8) is 0 Å². The molecule has 2 N–H and O–H groups in total. The molecule has 0 aliphatic rings. The topological polar surface area (TPSA) is 66.4 Å². The lowest BCUT2D eigenvalue weighted by atomic mass is 10.1. The number of benzene rings is 2. The Hall–Kier alpha value is -1.98. The van der Waals surface area contributed by atoms with Crippen molar-refractivity contribution in [3.05, 3.63) is 64.7 Å². The number of carboxylic acids is 1. The molecule has 2 rings (SSSR count). The number of hydrogen-bond acceptors (Lipinski definition) is 3. The van der Waals surface area contributed by atoms with E-state index in [2.05, 4.69) is 5.32 Å². The molecule has 0 saturated heterocycles. The molecule has 23 heavy (non-hydrogen) atoms. The maximum atomic E-state index is 12.1. The Morgan fingerprint density at radius 3 is 2.52 bits per heavy atom. The summed E-state index contributed by atoms with van der Waals surface area (Å²) in [5.74, 6) is -1.16. The van der Waals surface area contributed by atoms with E-state index in [4.69, 9.17) is 11.6 Å². The zero-order valence-corrected chi connectivity index (χ0v) is 14.0. The van der Waals surface area contributed by atoms with E-state index in [-0.39, 0.29) is 11.7 Å². The summed E-state index contributed by atoms with van der Waals surface area (Å²) < 4.78 is 0. The van der Waals surface area contributed by atoms with Crippen molar-refractivity contribution >= 4 is 40.9 Å². The number of carbonyl (C=O) groups excluding carboxylic acids is 1. The van der Waals surface area contributed by atoms with Gasteiger partial charge in [0.2, 0.25) is 5.91 Å². The Morgan fingerprint density at radius 1 is 1.22 bits per heavy atom. The van der Waals surface area contributed by atoms with E-state index in [1.165, 1.54) is 0 Å². The molecule has 4 nitrogen and oxygen atoms in total. The van der Waals surface area contributed by atoms with Gasteiger partial charge in [0.15, 0.2) is 0 Å². The van der Waals surface area contributed by atoms with E-state index in [1.807, 2.05) is 13.0 Å². The molecule has 1 amide bonds. The van der Waals surface area contributed by atoms with Crippen molar-refractivity contribution in [2.45, 2.75) is 12.2 Å². The second kappa shape index (κ2) is 8.04. The molecule has 0 aromatic heterocycles. The highest BCUT2D eigenvalue weighted by Gasteiger charge is 2.21. The molecule has 0 fully saturated rings. The smallest absolute Gasteiger partial charge is 0.321 e. The average molecular weight is 350 g/mol. The summed E-state index contributed by atoms with van der Waals surface area (Å²) in [5.41, 5.74) is 2.20. The van der Waals surface area contributed by atoms with Crippen LogP contribution in [0.25, 0.3) is 0 Å². The first-order valence-corrected chi connectivity index (χ1v) is 8.35. The molecular weight excluding hydrogens is 334 g/mol. The maximum Gasteiger partial charge on any atom is 0.321 e. The van der Waals surface area contributed by atoms with Gasteiger partial charge in [-0.15, -0.1) is 11.8 Å². The number of rotatable bonds is 6. The first kappa shape index (κ1) is 17.4. The van der Waals surface area contributed by atoms with E-state index in [0.29, 0.717) is 16.3 Å². The zero-order valence-electron chi connectivity index (χ0n) is 12.5. The third kappa shape index (κ3) is 5.01. The van der Waals surface area contributed by atoms with E-state index in [9.17, 15) is 14.7 Å². The molecule has 0 radical (unpaired) electrons. The molecule has 0 aliphatic carbocycles. The molecular formula is C17H16ClNO3S. The molecule has 0 aliphatic heterocycles. The number of thioether (sulfide) groups is 1. The SMILES string of the molecule is Cc1cc(Cl)ccc1NC(=O)CSC(C(=O)O)c1ccccc1. The van der Waals surface area contributed by atoms with E-state index in [1.54, 1.807) is 42.5 Å². The van der Waals surface area contributed by atoms with Crippen LogP contribution in [0.3, 0.4) is 0 Å². The van der Waals surface area contributed by atoms with Gasteiger partial charge in [0.05, 0.1) is 5.75 Å². The van der Waals surface area contributed by atoms with Crippen LogP contribution in [0.5, 0.6) is 0 Å². The van der Waals surface area contributed by atoms with Gasteiger partial charge in [0.1, 0.15) is 5.25 Å². The number of amides is 1. The Labute approximate surface area is 143 Å². The van der Waals surface area contributed by atoms with Crippen molar-refractivity contribution in [1.82, 2.24) is 0 Å². The molecule has 120 valence electrons. The summed E-state index contributed by atoms with van der Waals surface area (Å²) >= 11 is 6.96. The quantitative estimate of drug-likeness (QED) is 0.822. The van der Waals surface area contributed by atoms with Gasteiger partial charge in [-0.2, -0.15) is 0 Å². The highest BCUT2D eigenvalue weighted by Crippen LogP contribution is 2.29. The molecule has 0 saturated carbocycles. The van der Waals surface area contributed by atoms with Crippen LogP contribution in [0.4, 0.5) is 5.69 Å². The van der Waals surface area contributed by atoms with Gasteiger partial charge >= 0.3 is 5.97 Å². The highest BCUT2D eigenvalue weighted by atomic mass is 35.5. The van der Waals surface area contributed by atoms with Crippen LogP contribution in [0.1, 0.15) is 16.4 Å². The van der Waals surface area contributed by atoms with Crippen molar-refractivity contribution in [2.75, 3.05) is 11.1 Å². The summed E-state index contributed by atoms with van der Waals surface area (Å²) in [6, 6.07) is 14.1. The maximum absolute atomic E-state index is 12.1. The Morgan fingerprint density at radius 2 is 1.91 bits per heavy atom. The summed E-state index contributed by atoms with van der Waals surface area (Å²) in [5, 5.41) is 11.9. The summed E-state index contributed by atoms with van der Waals surface area (Å²) in [4.78, 5) is 23.4. The van der Waals surface area contributed by atoms with Crippen molar-refractivity contribution in [3.8, 4) is 0 Å². The fourth-order valence-electron chi connectivity index (χ4n) is 2.05. The lowest BCUT2D eigenvalue weighted by Gasteiger charge is -2.13. The van der Waals surface area contributed by atoms with Gasteiger partial charge in [-0.1, -0.05) is 41.9 Å². The average Bonchev–Trinajstić information content (AvgIpc) is 2.51. The molecule has 2 aromatic rings. The monoisotopic (exact) mass is 349 g/mol. The predicted molar refractivity (Wildman–Crippen MR) is 94.1 cm³/mol. The van der Waals surface area contributed by atoms with Gasteiger partial charge in [0.25, 0.3) is 0 Å². The lowest BCUT2D eigenvalue weighted by molar-refractivity contribution is -0.136. The molecule has 1 atom stereocenters. The van der Waals surface area contributed by atoms with Crippen molar-refractivity contribution < 1.29 is 14.7 Å². The van der Waals surface area contributed by atoms with Crippen LogP contribution in [-0.4, -0.2) is 22.7 Å². The summed E-state index contributed by atoms with van der Waals surface area (Å²) in [6.07, 6.45) is 0. The third-order valence-corrected chi connectivity index (χ3v) is 4.64. The first-order valence-electron chi connectivity index (χ1n) is 6.92. The number of carboxylic acid groups (broad SMARTS) is 1. The lowest BCUT2D eigenvalue weighted by Crippen LogP contribution is -2.17. The fraction of sp³-hybridized carbons (Fsp3) is 0.176. The molecule has 0 heterocycles. The largest absolute Gasteiger partial charge is 0.480 e. The van der Waals surface area contributed by atoms with E-state index < -0.39 is 11.2 Å². The second-order valence-electron chi connectivity index (χ2n) is 4.95. The van der Waals surface area contributed by atoms with E-state index >= 15 is 0 Å². The Bertz CT molecular complexity index is 706. The van der Waals surface area contributed by atoms with Crippen LogP contribution in [0, 0.1) is 6.92 Å². The van der Waals surface area contributed by atoms with Gasteiger partial charge in [0, 0.05) is 10.7 Å². The third-order valence-electron chi connectivity index (χ3n) is 3.17. The minimum atomic E-state index is -0.961. The van der Waals surface area contributed by atoms with Crippen LogP contribution in [-0.2, 0) is 9.59 Å².